The largest absolute Gasteiger partial charge is 0.484 e. The minimum absolute atomic E-state index is 0.223. The van der Waals surface area contributed by atoms with Gasteiger partial charge in [-0.25, -0.2) is 0 Å². The zero-order valence-electron chi connectivity index (χ0n) is 15.5. The van der Waals surface area contributed by atoms with Gasteiger partial charge in [0.2, 0.25) is 0 Å². The summed E-state index contributed by atoms with van der Waals surface area (Å²) >= 11 is 6.01. The Morgan fingerprint density at radius 1 is 0.828 bits per heavy atom. The average molecular weight is 407 g/mol. The molecule has 2 N–H and O–H groups in total. The third-order valence-electron chi connectivity index (χ3n) is 3.98. The molecule has 0 aliphatic heterocycles. The van der Waals surface area contributed by atoms with E-state index in [0.29, 0.717) is 16.3 Å². The van der Waals surface area contributed by atoms with E-state index >= 15 is 0 Å². The second-order valence-electron chi connectivity index (χ2n) is 6.07. The summed E-state index contributed by atoms with van der Waals surface area (Å²) in [7, 11) is 0. The zero-order chi connectivity index (χ0) is 20.5. The highest BCUT2D eigenvalue weighted by Gasteiger charge is 2.05. The fraction of sp³-hybridized carbons (Fsp3) is 0.0435. The molecule has 0 saturated carbocycles. The van der Waals surface area contributed by atoms with E-state index in [4.69, 9.17) is 16.3 Å². The van der Waals surface area contributed by atoms with Gasteiger partial charge in [0.05, 0.1) is 0 Å². The Morgan fingerprint density at radius 2 is 1.48 bits per heavy atom. The van der Waals surface area contributed by atoms with Crippen molar-refractivity contribution < 1.29 is 14.3 Å². The molecule has 0 heterocycles. The van der Waals surface area contributed by atoms with Gasteiger partial charge in [0, 0.05) is 11.1 Å². The van der Waals surface area contributed by atoms with E-state index in [1.807, 2.05) is 48.5 Å². The summed E-state index contributed by atoms with van der Waals surface area (Å²) in [5, 5.41) is 0.535. The van der Waals surface area contributed by atoms with Crippen LogP contribution < -0.4 is 15.6 Å². The first-order valence-corrected chi connectivity index (χ1v) is 9.29. The molecule has 3 aromatic carbocycles. The van der Waals surface area contributed by atoms with Gasteiger partial charge in [0.1, 0.15) is 5.75 Å². The van der Waals surface area contributed by atoms with Crippen molar-refractivity contribution in [3.8, 4) is 16.9 Å². The lowest BCUT2D eigenvalue weighted by molar-refractivity contribution is -0.128. The number of hydrazine groups is 1. The van der Waals surface area contributed by atoms with Crippen LogP contribution in [-0.4, -0.2) is 18.4 Å². The smallest absolute Gasteiger partial charge is 0.276 e. The highest BCUT2D eigenvalue weighted by molar-refractivity contribution is 6.32. The van der Waals surface area contributed by atoms with Crippen LogP contribution in [0.2, 0.25) is 5.02 Å². The van der Waals surface area contributed by atoms with E-state index in [1.54, 1.807) is 36.4 Å². The lowest BCUT2D eigenvalue weighted by atomic mass is 10.1. The summed E-state index contributed by atoms with van der Waals surface area (Å²) in [4.78, 5) is 23.6. The second kappa shape index (κ2) is 10.1. The summed E-state index contributed by atoms with van der Waals surface area (Å²) in [5.41, 5.74) is 7.45. The molecule has 0 unspecified atom stereocenters. The Morgan fingerprint density at radius 3 is 2.21 bits per heavy atom. The standard InChI is InChI=1S/C23H19ClN2O3/c24-21-9-5-4-8-19(21)12-15-22(27)25-26-23(28)16-29-20-13-10-18(11-14-20)17-6-2-1-3-7-17/h1-15H,16H2,(H,25,27)(H,26,28)/b15-12+. The van der Waals surface area contributed by atoms with Crippen LogP contribution >= 0.6 is 11.6 Å². The lowest BCUT2D eigenvalue weighted by Gasteiger charge is -2.08. The maximum atomic E-state index is 11.8. The van der Waals surface area contributed by atoms with Gasteiger partial charge in [-0.05, 0) is 41.0 Å². The van der Waals surface area contributed by atoms with E-state index in [2.05, 4.69) is 10.9 Å². The van der Waals surface area contributed by atoms with Crippen molar-refractivity contribution in [3.63, 3.8) is 0 Å². The first kappa shape index (κ1) is 20.2. The number of halogens is 1. The van der Waals surface area contributed by atoms with Gasteiger partial charge >= 0.3 is 0 Å². The Hall–Kier alpha value is -3.57. The van der Waals surface area contributed by atoms with Crippen molar-refractivity contribution in [2.45, 2.75) is 0 Å². The van der Waals surface area contributed by atoms with Crippen LogP contribution in [0.15, 0.2) is 84.9 Å². The van der Waals surface area contributed by atoms with Gasteiger partial charge in [0.15, 0.2) is 6.61 Å². The third-order valence-corrected chi connectivity index (χ3v) is 4.32. The first-order valence-electron chi connectivity index (χ1n) is 8.91. The molecule has 3 rings (SSSR count). The molecule has 0 bridgehead atoms. The number of benzene rings is 3. The summed E-state index contributed by atoms with van der Waals surface area (Å²) in [5.74, 6) is -0.396. The summed E-state index contributed by atoms with van der Waals surface area (Å²) < 4.78 is 5.44. The normalized spacial score (nSPS) is 10.5. The fourth-order valence-corrected chi connectivity index (χ4v) is 2.71. The number of nitrogens with one attached hydrogen (secondary N) is 2. The minimum Gasteiger partial charge on any atom is -0.484 e. The van der Waals surface area contributed by atoms with Crippen molar-refractivity contribution >= 4 is 29.5 Å². The molecular formula is C23H19ClN2O3. The van der Waals surface area contributed by atoms with Crippen molar-refractivity contribution in [2.75, 3.05) is 6.61 Å². The molecule has 0 aliphatic rings. The summed E-state index contributed by atoms with van der Waals surface area (Å²) in [6, 6.07) is 24.5. The van der Waals surface area contributed by atoms with Crippen molar-refractivity contribution in [1.82, 2.24) is 10.9 Å². The van der Waals surface area contributed by atoms with Gasteiger partial charge < -0.3 is 4.74 Å². The molecule has 2 amide bonds. The van der Waals surface area contributed by atoms with E-state index in [-0.39, 0.29) is 6.61 Å². The number of ether oxygens (including phenoxy) is 1. The van der Waals surface area contributed by atoms with Crippen LogP contribution in [0.1, 0.15) is 5.56 Å². The number of hydrogen-bond acceptors (Lipinski definition) is 3. The molecule has 29 heavy (non-hydrogen) atoms. The molecule has 0 fully saturated rings. The number of rotatable bonds is 6. The molecule has 0 radical (unpaired) electrons. The Balaban J connectivity index is 1.43. The number of hydrogen-bond donors (Lipinski definition) is 2. The van der Waals surface area contributed by atoms with Crippen LogP contribution in [0.3, 0.4) is 0 Å². The van der Waals surface area contributed by atoms with Crippen LogP contribution in [-0.2, 0) is 9.59 Å². The maximum absolute atomic E-state index is 11.8. The second-order valence-corrected chi connectivity index (χ2v) is 6.48. The quantitative estimate of drug-likeness (QED) is 0.475. The van der Waals surface area contributed by atoms with E-state index in [9.17, 15) is 9.59 Å². The van der Waals surface area contributed by atoms with Crippen LogP contribution in [0.5, 0.6) is 5.75 Å². The molecular weight excluding hydrogens is 388 g/mol. The number of carbonyl (C=O) groups is 2. The SMILES string of the molecule is O=C(/C=C/c1ccccc1Cl)NNC(=O)COc1ccc(-c2ccccc2)cc1. The molecule has 6 heteroatoms. The molecule has 0 aromatic heterocycles. The molecule has 5 nitrogen and oxygen atoms in total. The van der Waals surface area contributed by atoms with Crippen molar-refractivity contribution in [3.05, 3.63) is 95.5 Å². The third kappa shape index (κ3) is 6.23. The van der Waals surface area contributed by atoms with Gasteiger partial charge in [0.25, 0.3) is 11.8 Å². The van der Waals surface area contributed by atoms with Gasteiger partial charge in [-0.15, -0.1) is 0 Å². The predicted octanol–water partition coefficient (Wildman–Crippen LogP) is 4.25. The molecule has 0 atom stereocenters. The van der Waals surface area contributed by atoms with E-state index < -0.39 is 11.8 Å². The summed E-state index contributed by atoms with van der Waals surface area (Å²) in [6.45, 7) is -0.223. The van der Waals surface area contributed by atoms with Gasteiger partial charge in [-0.2, -0.15) is 0 Å². The minimum atomic E-state index is -0.481. The van der Waals surface area contributed by atoms with Crippen molar-refractivity contribution in [2.24, 2.45) is 0 Å². The zero-order valence-corrected chi connectivity index (χ0v) is 16.2. The highest BCUT2D eigenvalue weighted by Crippen LogP contribution is 2.22. The number of carbonyl (C=O) groups excluding carboxylic acids is 2. The Kier molecular flexibility index (Phi) is 7.03. The molecule has 146 valence electrons. The Labute approximate surface area is 173 Å². The lowest BCUT2D eigenvalue weighted by Crippen LogP contribution is -2.43. The van der Waals surface area contributed by atoms with Crippen LogP contribution in [0.4, 0.5) is 0 Å². The molecule has 3 aromatic rings. The average Bonchev–Trinajstić information content (AvgIpc) is 2.76. The van der Waals surface area contributed by atoms with Crippen LogP contribution in [0, 0.1) is 0 Å². The number of amides is 2. The first-order chi connectivity index (χ1) is 14.1. The predicted molar refractivity (Wildman–Crippen MR) is 114 cm³/mol. The highest BCUT2D eigenvalue weighted by atomic mass is 35.5. The van der Waals surface area contributed by atoms with E-state index in [1.165, 1.54) is 6.08 Å². The molecule has 0 spiro atoms. The molecule has 0 saturated heterocycles. The van der Waals surface area contributed by atoms with Gasteiger partial charge in [-0.1, -0.05) is 72.3 Å². The summed E-state index contributed by atoms with van der Waals surface area (Å²) in [6.07, 6.45) is 2.85. The topological polar surface area (TPSA) is 67.4 Å². The van der Waals surface area contributed by atoms with E-state index in [0.717, 1.165) is 11.1 Å². The maximum Gasteiger partial charge on any atom is 0.276 e. The monoisotopic (exact) mass is 406 g/mol. The van der Waals surface area contributed by atoms with Gasteiger partial charge in [-0.3, -0.25) is 20.4 Å². The van der Waals surface area contributed by atoms with Crippen LogP contribution in [0.25, 0.3) is 17.2 Å². The Bertz CT molecular complexity index is 1000. The van der Waals surface area contributed by atoms with Crippen molar-refractivity contribution in [1.29, 1.82) is 0 Å². The fourth-order valence-electron chi connectivity index (χ4n) is 2.51. The molecule has 0 aliphatic carbocycles.